The molecule has 21 heavy (non-hydrogen) atoms. The number of halogens is 2. The highest BCUT2D eigenvalue weighted by atomic mass is 35.5. The first-order valence-electron chi connectivity index (χ1n) is 6.37. The minimum atomic E-state index is -0.514. The van der Waals surface area contributed by atoms with E-state index in [9.17, 15) is 9.18 Å². The average Bonchev–Trinajstić information content (AvgIpc) is 2.81. The van der Waals surface area contributed by atoms with Gasteiger partial charge < -0.3 is 9.88 Å². The van der Waals surface area contributed by atoms with Crippen LogP contribution < -0.4 is 5.32 Å². The Bertz CT molecular complexity index is 841. The fraction of sp³-hybridized carbons (Fsp3) is 0.0625. The molecule has 0 saturated heterocycles. The highest BCUT2D eigenvalue weighted by Crippen LogP contribution is 2.23. The lowest BCUT2D eigenvalue weighted by molar-refractivity contribution is 0.102. The van der Waals surface area contributed by atoms with Crippen molar-refractivity contribution in [3.05, 3.63) is 65.1 Å². The maximum absolute atomic E-state index is 13.1. The largest absolute Gasteiger partial charge is 0.350 e. The van der Waals surface area contributed by atoms with E-state index in [2.05, 4.69) is 5.32 Å². The molecule has 1 N–H and O–H groups in total. The number of aryl methyl sites for hydroxylation is 1. The summed E-state index contributed by atoms with van der Waals surface area (Å²) in [6, 6.07) is 11.7. The van der Waals surface area contributed by atoms with Gasteiger partial charge in [0, 0.05) is 29.8 Å². The molecule has 0 radical (unpaired) electrons. The molecule has 3 rings (SSSR count). The number of nitrogens with zero attached hydrogens (tertiary/aromatic N) is 1. The van der Waals surface area contributed by atoms with Crippen LogP contribution in [0, 0.1) is 5.82 Å². The third-order valence-corrected chi connectivity index (χ3v) is 3.61. The minimum Gasteiger partial charge on any atom is -0.350 e. The summed E-state index contributed by atoms with van der Waals surface area (Å²) in [5, 5.41) is 3.57. The van der Waals surface area contributed by atoms with E-state index in [0.717, 1.165) is 10.9 Å². The van der Waals surface area contributed by atoms with E-state index in [1.807, 2.05) is 35.9 Å². The standard InChI is InChI=1S/C16H12ClFN2O/c1-20-9-12(11-4-2-3-5-15(11)20)16(21)19-10-6-7-14(18)13(17)8-10/h2-9H,1H3,(H,19,21). The van der Waals surface area contributed by atoms with Gasteiger partial charge in [0.2, 0.25) is 0 Å². The first-order valence-corrected chi connectivity index (χ1v) is 6.74. The Hall–Kier alpha value is -2.33. The molecule has 0 aliphatic heterocycles. The number of anilines is 1. The molecular weight excluding hydrogens is 291 g/mol. The van der Waals surface area contributed by atoms with Crippen LogP contribution in [0.5, 0.6) is 0 Å². The zero-order chi connectivity index (χ0) is 15.0. The number of carbonyl (C=O) groups excluding carboxylic acids is 1. The molecule has 3 nitrogen and oxygen atoms in total. The van der Waals surface area contributed by atoms with Crippen LogP contribution in [0.4, 0.5) is 10.1 Å². The molecule has 0 bridgehead atoms. The number of carbonyl (C=O) groups is 1. The van der Waals surface area contributed by atoms with Crippen molar-refractivity contribution in [3.8, 4) is 0 Å². The highest BCUT2D eigenvalue weighted by Gasteiger charge is 2.14. The van der Waals surface area contributed by atoms with E-state index < -0.39 is 5.82 Å². The van der Waals surface area contributed by atoms with Gasteiger partial charge in [-0.05, 0) is 24.3 Å². The molecule has 0 spiro atoms. The van der Waals surface area contributed by atoms with Crippen molar-refractivity contribution in [3.63, 3.8) is 0 Å². The number of nitrogens with one attached hydrogen (secondary N) is 1. The van der Waals surface area contributed by atoms with Crippen molar-refractivity contribution in [1.29, 1.82) is 0 Å². The quantitative estimate of drug-likeness (QED) is 0.755. The summed E-state index contributed by atoms with van der Waals surface area (Å²) in [5.41, 5.74) is 1.99. The Labute approximate surface area is 125 Å². The number of hydrogen-bond donors (Lipinski definition) is 1. The topological polar surface area (TPSA) is 34.0 Å². The second kappa shape index (κ2) is 5.22. The molecule has 0 aliphatic rings. The Morgan fingerprint density at radius 3 is 2.76 bits per heavy atom. The monoisotopic (exact) mass is 302 g/mol. The maximum atomic E-state index is 13.1. The molecule has 1 aromatic heterocycles. The van der Waals surface area contributed by atoms with Crippen LogP contribution >= 0.6 is 11.6 Å². The molecule has 0 aliphatic carbocycles. The SMILES string of the molecule is Cn1cc(C(=O)Nc2ccc(F)c(Cl)c2)c2ccccc21. The third-order valence-electron chi connectivity index (χ3n) is 3.32. The van der Waals surface area contributed by atoms with Crippen molar-refractivity contribution in [1.82, 2.24) is 4.57 Å². The number of hydrogen-bond acceptors (Lipinski definition) is 1. The number of fused-ring (bicyclic) bond motifs is 1. The Morgan fingerprint density at radius 2 is 2.00 bits per heavy atom. The normalized spacial score (nSPS) is 10.8. The lowest BCUT2D eigenvalue weighted by atomic mass is 10.1. The molecule has 0 fully saturated rings. The van der Waals surface area contributed by atoms with Crippen molar-refractivity contribution >= 4 is 34.1 Å². The van der Waals surface area contributed by atoms with Gasteiger partial charge >= 0.3 is 0 Å². The van der Waals surface area contributed by atoms with E-state index in [-0.39, 0.29) is 10.9 Å². The predicted octanol–water partition coefficient (Wildman–Crippen LogP) is 4.22. The Kier molecular flexibility index (Phi) is 3.39. The van der Waals surface area contributed by atoms with Crippen LogP contribution in [0.1, 0.15) is 10.4 Å². The Morgan fingerprint density at radius 1 is 1.24 bits per heavy atom. The number of benzene rings is 2. The van der Waals surface area contributed by atoms with Crippen LogP contribution in [-0.2, 0) is 7.05 Å². The van der Waals surface area contributed by atoms with Gasteiger partial charge in [-0.2, -0.15) is 0 Å². The van der Waals surface area contributed by atoms with Gasteiger partial charge in [-0.25, -0.2) is 4.39 Å². The molecule has 106 valence electrons. The average molecular weight is 303 g/mol. The van der Waals surface area contributed by atoms with E-state index in [0.29, 0.717) is 11.3 Å². The zero-order valence-corrected chi connectivity index (χ0v) is 12.0. The number of aromatic nitrogens is 1. The molecule has 0 unspecified atom stereocenters. The molecule has 5 heteroatoms. The molecule has 1 amide bonds. The van der Waals surface area contributed by atoms with Crippen LogP contribution in [0.15, 0.2) is 48.7 Å². The van der Waals surface area contributed by atoms with Gasteiger partial charge in [0.25, 0.3) is 5.91 Å². The first kappa shape index (κ1) is 13.6. The van der Waals surface area contributed by atoms with E-state index >= 15 is 0 Å². The van der Waals surface area contributed by atoms with Crippen molar-refractivity contribution in [2.75, 3.05) is 5.32 Å². The number of rotatable bonds is 2. The van der Waals surface area contributed by atoms with Gasteiger partial charge in [-0.1, -0.05) is 29.8 Å². The van der Waals surface area contributed by atoms with Gasteiger partial charge in [-0.15, -0.1) is 0 Å². The minimum absolute atomic E-state index is 0.0225. The Balaban J connectivity index is 1.95. The number of amides is 1. The summed E-state index contributed by atoms with van der Waals surface area (Å²) in [6.45, 7) is 0. The van der Waals surface area contributed by atoms with Gasteiger partial charge in [0.05, 0.1) is 10.6 Å². The van der Waals surface area contributed by atoms with Gasteiger partial charge in [0.15, 0.2) is 0 Å². The fourth-order valence-corrected chi connectivity index (χ4v) is 2.48. The van der Waals surface area contributed by atoms with Gasteiger partial charge in [-0.3, -0.25) is 4.79 Å². The van der Waals surface area contributed by atoms with Gasteiger partial charge in [0.1, 0.15) is 5.82 Å². The van der Waals surface area contributed by atoms with E-state index in [1.54, 1.807) is 6.20 Å². The summed E-state index contributed by atoms with van der Waals surface area (Å²) in [5.74, 6) is -0.769. The summed E-state index contributed by atoms with van der Waals surface area (Å²) < 4.78 is 15.0. The lowest BCUT2D eigenvalue weighted by Gasteiger charge is -2.05. The highest BCUT2D eigenvalue weighted by molar-refractivity contribution is 6.31. The summed E-state index contributed by atoms with van der Waals surface area (Å²) in [7, 11) is 1.88. The first-order chi connectivity index (χ1) is 10.1. The summed E-state index contributed by atoms with van der Waals surface area (Å²) in [4.78, 5) is 12.4. The van der Waals surface area contributed by atoms with Crippen molar-refractivity contribution in [2.45, 2.75) is 0 Å². The van der Waals surface area contributed by atoms with Crippen molar-refractivity contribution in [2.24, 2.45) is 7.05 Å². The second-order valence-corrected chi connectivity index (χ2v) is 5.16. The van der Waals surface area contributed by atoms with Crippen LogP contribution in [0.3, 0.4) is 0 Å². The summed E-state index contributed by atoms with van der Waals surface area (Å²) >= 11 is 5.71. The molecule has 0 atom stereocenters. The maximum Gasteiger partial charge on any atom is 0.257 e. The van der Waals surface area contributed by atoms with Crippen LogP contribution in [0.25, 0.3) is 10.9 Å². The van der Waals surface area contributed by atoms with Crippen molar-refractivity contribution < 1.29 is 9.18 Å². The lowest BCUT2D eigenvalue weighted by Crippen LogP contribution is -2.11. The molecule has 1 heterocycles. The number of para-hydroxylation sites is 1. The van der Waals surface area contributed by atoms with E-state index in [1.165, 1.54) is 18.2 Å². The predicted molar refractivity (Wildman–Crippen MR) is 82.3 cm³/mol. The molecule has 0 saturated carbocycles. The zero-order valence-electron chi connectivity index (χ0n) is 11.2. The second-order valence-electron chi connectivity index (χ2n) is 4.75. The molecule has 2 aromatic carbocycles. The summed E-state index contributed by atoms with van der Waals surface area (Å²) in [6.07, 6.45) is 1.77. The van der Waals surface area contributed by atoms with Crippen LogP contribution in [0.2, 0.25) is 5.02 Å². The third kappa shape index (κ3) is 2.50. The molecule has 3 aromatic rings. The molecular formula is C16H12ClFN2O. The van der Waals surface area contributed by atoms with Crippen LogP contribution in [-0.4, -0.2) is 10.5 Å². The van der Waals surface area contributed by atoms with E-state index in [4.69, 9.17) is 11.6 Å². The fourth-order valence-electron chi connectivity index (χ4n) is 2.29. The smallest absolute Gasteiger partial charge is 0.257 e.